The third-order valence-electron chi connectivity index (χ3n) is 2.67. The van der Waals surface area contributed by atoms with Crippen LogP contribution in [0, 0.1) is 0 Å². The number of rotatable bonds is 3. The molecule has 0 spiro atoms. The highest BCUT2D eigenvalue weighted by Crippen LogP contribution is 2.18. The minimum atomic E-state index is -0.801. The van der Waals surface area contributed by atoms with Crippen LogP contribution in [0.4, 0.5) is 0 Å². The lowest BCUT2D eigenvalue weighted by atomic mass is 9.96. The molecule has 1 aliphatic rings. The van der Waals surface area contributed by atoms with Crippen molar-refractivity contribution >= 4 is 0 Å². The summed E-state index contributed by atoms with van der Waals surface area (Å²) < 4.78 is 0. The van der Waals surface area contributed by atoms with E-state index in [1.54, 1.807) is 0 Å². The Morgan fingerprint density at radius 1 is 1.38 bits per heavy atom. The summed E-state index contributed by atoms with van der Waals surface area (Å²) in [6, 6.07) is -0.288. The predicted octanol–water partition coefficient (Wildman–Crippen LogP) is -0.815. The summed E-state index contributed by atoms with van der Waals surface area (Å²) in [5.41, 5.74) is 0. The van der Waals surface area contributed by atoms with Gasteiger partial charge < -0.3 is 15.3 Å². The highest BCUT2D eigenvalue weighted by Gasteiger charge is 2.34. The fourth-order valence-electron chi connectivity index (χ4n) is 1.90. The maximum absolute atomic E-state index is 9.58. The molecule has 0 aromatic heterocycles. The first-order valence-electron chi connectivity index (χ1n) is 4.91. The van der Waals surface area contributed by atoms with Gasteiger partial charge in [0.1, 0.15) is 0 Å². The summed E-state index contributed by atoms with van der Waals surface area (Å²) in [7, 11) is 0. The molecule has 0 radical (unpaired) electrons. The molecule has 0 aromatic carbocycles. The van der Waals surface area contributed by atoms with Crippen LogP contribution in [-0.2, 0) is 0 Å². The maximum Gasteiger partial charge on any atom is 0.0976 e. The second kappa shape index (κ2) is 4.91. The molecule has 0 aromatic rings. The summed E-state index contributed by atoms with van der Waals surface area (Å²) in [4.78, 5) is 2.04. The standard InChI is InChI=1S/C9H19NO3/c1-2-4-10-5-3-8(12)9(13)7(10)6-11/h7-9,11-13H,2-6H2,1H3/t7-,8-,9-/m1/s1. The number of hydrogen-bond acceptors (Lipinski definition) is 4. The van der Waals surface area contributed by atoms with Crippen LogP contribution in [0.2, 0.25) is 0 Å². The van der Waals surface area contributed by atoms with Crippen LogP contribution >= 0.6 is 0 Å². The molecule has 1 aliphatic heterocycles. The highest BCUT2D eigenvalue weighted by atomic mass is 16.3. The van der Waals surface area contributed by atoms with Gasteiger partial charge in [0.2, 0.25) is 0 Å². The van der Waals surface area contributed by atoms with Gasteiger partial charge in [-0.05, 0) is 19.4 Å². The van der Waals surface area contributed by atoms with Crippen LogP contribution in [0.5, 0.6) is 0 Å². The fraction of sp³-hybridized carbons (Fsp3) is 1.00. The van der Waals surface area contributed by atoms with E-state index in [-0.39, 0.29) is 12.6 Å². The van der Waals surface area contributed by atoms with Gasteiger partial charge in [-0.25, -0.2) is 0 Å². The molecule has 0 bridgehead atoms. The van der Waals surface area contributed by atoms with Crippen molar-refractivity contribution in [3.8, 4) is 0 Å². The Morgan fingerprint density at radius 3 is 2.62 bits per heavy atom. The van der Waals surface area contributed by atoms with Crippen LogP contribution in [0.15, 0.2) is 0 Å². The van der Waals surface area contributed by atoms with Crippen LogP contribution in [0.3, 0.4) is 0 Å². The Morgan fingerprint density at radius 2 is 2.08 bits per heavy atom. The lowest BCUT2D eigenvalue weighted by Crippen LogP contribution is -2.56. The zero-order valence-electron chi connectivity index (χ0n) is 8.06. The van der Waals surface area contributed by atoms with Crippen molar-refractivity contribution in [1.29, 1.82) is 0 Å². The Labute approximate surface area is 78.8 Å². The van der Waals surface area contributed by atoms with Crippen molar-refractivity contribution in [2.45, 2.75) is 38.0 Å². The molecule has 0 aliphatic carbocycles. The molecule has 4 heteroatoms. The van der Waals surface area contributed by atoms with Crippen LogP contribution in [-0.4, -0.2) is 58.2 Å². The zero-order valence-corrected chi connectivity index (χ0v) is 8.06. The average Bonchev–Trinajstić information content (AvgIpc) is 2.12. The maximum atomic E-state index is 9.58. The van der Waals surface area contributed by atoms with E-state index >= 15 is 0 Å². The predicted molar refractivity (Wildman–Crippen MR) is 49.4 cm³/mol. The van der Waals surface area contributed by atoms with Crippen LogP contribution in [0.25, 0.3) is 0 Å². The topological polar surface area (TPSA) is 63.9 Å². The first-order chi connectivity index (χ1) is 6.20. The number of likely N-dealkylation sites (tertiary alicyclic amines) is 1. The molecule has 13 heavy (non-hydrogen) atoms. The van der Waals surface area contributed by atoms with Gasteiger partial charge in [0.05, 0.1) is 24.9 Å². The van der Waals surface area contributed by atoms with Gasteiger partial charge in [0, 0.05) is 6.54 Å². The van der Waals surface area contributed by atoms with Gasteiger partial charge in [-0.3, -0.25) is 4.90 Å². The van der Waals surface area contributed by atoms with Gasteiger partial charge in [-0.1, -0.05) is 6.92 Å². The van der Waals surface area contributed by atoms with Crippen LogP contribution < -0.4 is 0 Å². The molecule has 1 saturated heterocycles. The lowest BCUT2D eigenvalue weighted by Gasteiger charge is -2.40. The lowest BCUT2D eigenvalue weighted by molar-refractivity contribution is -0.0892. The first kappa shape index (κ1) is 10.9. The van der Waals surface area contributed by atoms with Gasteiger partial charge in [0.15, 0.2) is 0 Å². The molecule has 3 N–H and O–H groups in total. The number of hydrogen-bond donors (Lipinski definition) is 3. The zero-order chi connectivity index (χ0) is 9.84. The van der Waals surface area contributed by atoms with E-state index in [0.29, 0.717) is 6.42 Å². The van der Waals surface area contributed by atoms with Crippen molar-refractivity contribution < 1.29 is 15.3 Å². The van der Waals surface area contributed by atoms with E-state index in [1.807, 2.05) is 4.90 Å². The second-order valence-corrected chi connectivity index (χ2v) is 3.63. The number of aliphatic hydroxyl groups is 3. The molecule has 4 nitrogen and oxygen atoms in total. The SMILES string of the molecule is CCCN1CC[C@@H](O)[C@H](O)[C@H]1CO. The smallest absolute Gasteiger partial charge is 0.0976 e. The van der Waals surface area contributed by atoms with Crippen molar-refractivity contribution in [1.82, 2.24) is 4.90 Å². The van der Waals surface area contributed by atoms with Gasteiger partial charge in [0.25, 0.3) is 0 Å². The molecule has 1 fully saturated rings. The molecule has 0 amide bonds. The Bertz CT molecular complexity index is 154. The third-order valence-corrected chi connectivity index (χ3v) is 2.67. The van der Waals surface area contributed by atoms with Gasteiger partial charge in [-0.2, -0.15) is 0 Å². The first-order valence-corrected chi connectivity index (χ1v) is 4.91. The molecule has 0 unspecified atom stereocenters. The van der Waals surface area contributed by atoms with Crippen LogP contribution in [0.1, 0.15) is 19.8 Å². The van der Waals surface area contributed by atoms with E-state index in [0.717, 1.165) is 19.5 Å². The Balaban J connectivity index is 2.55. The summed E-state index contributed by atoms with van der Waals surface area (Å²) in [6.07, 6.45) is 0.118. The largest absolute Gasteiger partial charge is 0.395 e. The molecule has 1 heterocycles. The monoisotopic (exact) mass is 189 g/mol. The molecule has 0 saturated carbocycles. The van der Waals surface area contributed by atoms with Crippen molar-refractivity contribution in [2.75, 3.05) is 19.7 Å². The van der Waals surface area contributed by atoms with E-state index in [9.17, 15) is 10.2 Å². The number of piperidine rings is 1. The minimum absolute atomic E-state index is 0.0851. The average molecular weight is 189 g/mol. The van der Waals surface area contributed by atoms with Crippen molar-refractivity contribution in [3.63, 3.8) is 0 Å². The van der Waals surface area contributed by atoms with Gasteiger partial charge >= 0.3 is 0 Å². The Hall–Kier alpha value is -0.160. The quantitative estimate of drug-likeness (QED) is 0.543. The van der Waals surface area contributed by atoms with E-state index < -0.39 is 12.2 Å². The van der Waals surface area contributed by atoms with Crippen molar-refractivity contribution in [2.24, 2.45) is 0 Å². The van der Waals surface area contributed by atoms with Gasteiger partial charge in [-0.15, -0.1) is 0 Å². The molecule has 3 atom stereocenters. The summed E-state index contributed by atoms with van der Waals surface area (Å²) in [5, 5.41) is 28.0. The number of nitrogens with zero attached hydrogens (tertiary/aromatic N) is 1. The number of aliphatic hydroxyl groups excluding tert-OH is 3. The molecule has 1 rings (SSSR count). The molecular weight excluding hydrogens is 170 g/mol. The minimum Gasteiger partial charge on any atom is -0.395 e. The molecular formula is C9H19NO3. The highest BCUT2D eigenvalue weighted by molar-refractivity contribution is 4.88. The molecule has 78 valence electrons. The van der Waals surface area contributed by atoms with Crippen molar-refractivity contribution in [3.05, 3.63) is 0 Å². The van der Waals surface area contributed by atoms with E-state index in [1.165, 1.54) is 0 Å². The summed E-state index contributed by atoms with van der Waals surface area (Å²) in [6.45, 7) is 3.61. The third kappa shape index (κ3) is 2.40. The van der Waals surface area contributed by atoms with E-state index in [2.05, 4.69) is 6.92 Å². The summed E-state index contributed by atoms with van der Waals surface area (Å²) >= 11 is 0. The normalized spacial score (nSPS) is 36.5. The van der Waals surface area contributed by atoms with E-state index in [4.69, 9.17) is 5.11 Å². The Kier molecular flexibility index (Phi) is 4.12. The fourth-order valence-corrected chi connectivity index (χ4v) is 1.90. The summed E-state index contributed by atoms with van der Waals surface area (Å²) in [5.74, 6) is 0. The second-order valence-electron chi connectivity index (χ2n) is 3.63.